The molecule has 1 aromatic carbocycles. The van der Waals surface area contributed by atoms with Crippen LogP contribution in [0.1, 0.15) is 24.0 Å². The number of hydrogen-bond acceptors (Lipinski definition) is 1. The molecule has 2 rings (SSSR count). The second kappa shape index (κ2) is 7.96. The SMILES string of the molecule is C=C(C1=CC=CCC=C1)c1ccc(CCCSC)cc1. The van der Waals surface area contributed by atoms with Crippen molar-refractivity contribution in [2.45, 2.75) is 19.3 Å². The van der Waals surface area contributed by atoms with Gasteiger partial charge in [0.1, 0.15) is 0 Å². The smallest absolute Gasteiger partial charge is 0.00671 e. The van der Waals surface area contributed by atoms with E-state index in [1.54, 1.807) is 0 Å². The third-order valence-electron chi connectivity index (χ3n) is 3.45. The largest absolute Gasteiger partial charge is 0.165 e. The molecule has 0 bridgehead atoms. The van der Waals surface area contributed by atoms with E-state index in [1.165, 1.54) is 35.3 Å². The molecule has 0 heterocycles. The molecule has 1 aromatic rings. The Balaban J connectivity index is 2.04. The molecule has 0 spiro atoms. The molecule has 0 N–H and O–H groups in total. The molecule has 1 aliphatic rings. The summed E-state index contributed by atoms with van der Waals surface area (Å²) in [5.74, 6) is 1.23. The van der Waals surface area contributed by atoms with Crippen molar-refractivity contribution in [3.05, 3.63) is 77.9 Å². The zero-order valence-electron chi connectivity index (χ0n) is 12.1. The lowest BCUT2D eigenvalue weighted by atomic mass is 9.97. The highest BCUT2D eigenvalue weighted by molar-refractivity contribution is 7.98. The number of rotatable bonds is 6. The fourth-order valence-corrected chi connectivity index (χ4v) is 2.67. The molecule has 0 saturated carbocycles. The lowest BCUT2D eigenvalue weighted by Gasteiger charge is -2.08. The Morgan fingerprint density at radius 2 is 2.00 bits per heavy atom. The van der Waals surface area contributed by atoms with Crippen molar-refractivity contribution in [2.24, 2.45) is 0 Å². The number of thioether (sulfide) groups is 1. The summed E-state index contributed by atoms with van der Waals surface area (Å²) < 4.78 is 0. The summed E-state index contributed by atoms with van der Waals surface area (Å²) in [6, 6.07) is 8.86. The van der Waals surface area contributed by atoms with Crippen LogP contribution in [0, 0.1) is 0 Å². The van der Waals surface area contributed by atoms with Crippen LogP contribution in [0.2, 0.25) is 0 Å². The van der Waals surface area contributed by atoms with Crippen molar-refractivity contribution in [3.63, 3.8) is 0 Å². The molecular formula is C19H22S. The lowest BCUT2D eigenvalue weighted by molar-refractivity contribution is 0.934. The monoisotopic (exact) mass is 282 g/mol. The molecule has 1 aliphatic carbocycles. The Bertz CT molecular complexity index is 529. The maximum absolute atomic E-state index is 4.24. The first-order valence-corrected chi connectivity index (χ1v) is 8.51. The average molecular weight is 282 g/mol. The molecule has 0 nitrogen and oxygen atoms in total. The third kappa shape index (κ3) is 4.28. The van der Waals surface area contributed by atoms with Crippen molar-refractivity contribution < 1.29 is 0 Å². The van der Waals surface area contributed by atoms with Crippen LogP contribution in [0.25, 0.3) is 5.57 Å². The molecule has 0 fully saturated rings. The summed E-state index contributed by atoms with van der Waals surface area (Å²) in [4.78, 5) is 0. The first-order valence-electron chi connectivity index (χ1n) is 7.12. The number of benzene rings is 1. The van der Waals surface area contributed by atoms with Crippen LogP contribution in [0.5, 0.6) is 0 Å². The van der Waals surface area contributed by atoms with Gasteiger partial charge < -0.3 is 0 Å². The highest BCUT2D eigenvalue weighted by Gasteiger charge is 2.03. The molecule has 0 radical (unpaired) electrons. The zero-order valence-corrected chi connectivity index (χ0v) is 13.0. The summed E-state index contributed by atoms with van der Waals surface area (Å²) in [5.41, 5.74) is 4.93. The third-order valence-corrected chi connectivity index (χ3v) is 4.14. The number of allylic oxidation sites excluding steroid dienone is 7. The van der Waals surface area contributed by atoms with Crippen LogP contribution >= 0.6 is 11.8 Å². The Morgan fingerprint density at radius 1 is 1.20 bits per heavy atom. The second-order valence-electron chi connectivity index (χ2n) is 4.96. The molecular weight excluding hydrogens is 260 g/mol. The minimum absolute atomic E-state index is 1.00. The number of hydrogen-bond donors (Lipinski definition) is 0. The quantitative estimate of drug-likeness (QED) is 0.626. The first kappa shape index (κ1) is 14.9. The van der Waals surface area contributed by atoms with Gasteiger partial charge in [-0.15, -0.1) is 0 Å². The van der Waals surface area contributed by atoms with E-state index in [2.05, 4.69) is 67.5 Å². The summed E-state index contributed by atoms with van der Waals surface area (Å²) in [6.45, 7) is 4.24. The highest BCUT2D eigenvalue weighted by atomic mass is 32.2. The van der Waals surface area contributed by atoms with Gasteiger partial charge in [-0.1, -0.05) is 61.2 Å². The standard InChI is InChI=1S/C19H22S/c1-16(18-9-5-3-4-6-10-18)19-13-11-17(12-14-19)8-7-15-20-2/h3,5-6,9-14H,1,4,7-8,15H2,2H3. The lowest BCUT2D eigenvalue weighted by Crippen LogP contribution is -1.90. The molecule has 104 valence electrons. The maximum Gasteiger partial charge on any atom is -0.00671 e. The summed E-state index contributed by atoms with van der Waals surface area (Å²) in [7, 11) is 0. The van der Waals surface area contributed by atoms with Gasteiger partial charge in [-0.05, 0) is 53.5 Å². The van der Waals surface area contributed by atoms with E-state index in [9.17, 15) is 0 Å². The first-order chi connectivity index (χ1) is 9.81. The molecule has 0 unspecified atom stereocenters. The highest BCUT2D eigenvalue weighted by Crippen LogP contribution is 2.24. The van der Waals surface area contributed by atoms with E-state index in [4.69, 9.17) is 0 Å². The van der Waals surface area contributed by atoms with Gasteiger partial charge in [0.2, 0.25) is 0 Å². The zero-order chi connectivity index (χ0) is 14.2. The molecule has 0 aromatic heterocycles. The minimum Gasteiger partial charge on any atom is -0.165 e. The van der Waals surface area contributed by atoms with E-state index < -0.39 is 0 Å². The van der Waals surface area contributed by atoms with Crippen molar-refractivity contribution in [2.75, 3.05) is 12.0 Å². The van der Waals surface area contributed by atoms with Crippen LogP contribution in [-0.4, -0.2) is 12.0 Å². The Hall–Kier alpha value is -1.47. The minimum atomic E-state index is 1.00. The molecule has 20 heavy (non-hydrogen) atoms. The predicted octanol–water partition coefficient (Wildman–Crippen LogP) is 5.44. The topological polar surface area (TPSA) is 0 Å². The van der Waals surface area contributed by atoms with Gasteiger partial charge in [0.25, 0.3) is 0 Å². The van der Waals surface area contributed by atoms with Crippen molar-refractivity contribution in [3.8, 4) is 0 Å². The van der Waals surface area contributed by atoms with Gasteiger partial charge in [0.05, 0.1) is 0 Å². The van der Waals surface area contributed by atoms with Crippen molar-refractivity contribution in [1.82, 2.24) is 0 Å². The summed E-state index contributed by atoms with van der Waals surface area (Å²) >= 11 is 1.91. The molecule has 0 aliphatic heterocycles. The molecule has 0 atom stereocenters. The normalized spacial score (nSPS) is 13.9. The van der Waals surface area contributed by atoms with E-state index in [-0.39, 0.29) is 0 Å². The van der Waals surface area contributed by atoms with Gasteiger partial charge in [-0.2, -0.15) is 11.8 Å². The fraction of sp³-hybridized carbons (Fsp3) is 0.263. The van der Waals surface area contributed by atoms with E-state index in [1.807, 2.05) is 11.8 Å². The molecule has 0 saturated heterocycles. The summed E-state index contributed by atoms with van der Waals surface area (Å²) in [6.07, 6.45) is 16.3. The fourth-order valence-electron chi connectivity index (χ4n) is 2.24. The van der Waals surface area contributed by atoms with Crippen molar-refractivity contribution in [1.29, 1.82) is 0 Å². The van der Waals surface area contributed by atoms with Crippen LogP contribution in [-0.2, 0) is 6.42 Å². The second-order valence-corrected chi connectivity index (χ2v) is 5.95. The van der Waals surface area contributed by atoms with Crippen LogP contribution < -0.4 is 0 Å². The van der Waals surface area contributed by atoms with Gasteiger partial charge in [0.15, 0.2) is 0 Å². The van der Waals surface area contributed by atoms with Gasteiger partial charge in [0, 0.05) is 0 Å². The summed E-state index contributed by atoms with van der Waals surface area (Å²) in [5, 5.41) is 0. The Morgan fingerprint density at radius 3 is 2.75 bits per heavy atom. The average Bonchev–Trinajstić information content (AvgIpc) is 2.77. The van der Waals surface area contributed by atoms with Gasteiger partial charge in [-0.3, -0.25) is 0 Å². The number of aryl methyl sites for hydroxylation is 1. The maximum atomic E-state index is 4.24. The Kier molecular flexibility index (Phi) is 5.94. The Labute approximate surface area is 127 Å². The molecule has 0 amide bonds. The van der Waals surface area contributed by atoms with E-state index in [0.29, 0.717) is 0 Å². The van der Waals surface area contributed by atoms with E-state index >= 15 is 0 Å². The van der Waals surface area contributed by atoms with Crippen LogP contribution in [0.15, 0.2) is 66.8 Å². The predicted molar refractivity (Wildman–Crippen MR) is 93.2 cm³/mol. The van der Waals surface area contributed by atoms with Crippen LogP contribution in [0.3, 0.4) is 0 Å². The van der Waals surface area contributed by atoms with E-state index in [0.717, 1.165) is 12.0 Å². The van der Waals surface area contributed by atoms with Crippen LogP contribution in [0.4, 0.5) is 0 Å². The van der Waals surface area contributed by atoms with Gasteiger partial charge in [-0.25, -0.2) is 0 Å². The van der Waals surface area contributed by atoms with Gasteiger partial charge >= 0.3 is 0 Å². The van der Waals surface area contributed by atoms with Crippen molar-refractivity contribution >= 4 is 17.3 Å². The molecule has 1 heteroatoms.